The standard InChI is InChI=1S/C56H100N2O27/c1-48(59)8-20-72-31-39-80-43-35-76-27-15-57-51(62)7-4-19-85-56(45-82-21-9-49(60)5-2-17-70-29-37-78-40-32-73-24-12-53(64)65,46-83-22-10-50(61)6-3-18-71-30-38-79-41-33-74-25-13-54(66)67)47-84-23-11-52(63)58-16-28-77-36-44-81-42-34-75-26-14-55(68)69/h2-47H2,1H3,(H,57,62)(H,58,63)(H,64,65)(H,66,67)(H,68,69). The van der Waals surface area contributed by atoms with Gasteiger partial charge in [0, 0.05) is 77.9 Å². The highest BCUT2D eigenvalue weighted by atomic mass is 16.6. The molecule has 0 aromatic carbocycles. The number of carbonyl (C=O) groups is 8. The predicted molar refractivity (Wildman–Crippen MR) is 301 cm³/mol. The van der Waals surface area contributed by atoms with Crippen LogP contribution in [0.3, 0.4) is 0 Å². The highest BCUT2D eigenvalue weighted by Gasteiger charge is 2.33. The Morgan fingerprint density at radius 2 is 0.553 bits per heavy atom. The van der Waals surface area contributed by atoms with E-state index in [-0.39, 0.29) is 219 Å². The third-order valence-electron chi connectivity index (χ3n) is 11.2. The number of amides is 2. The summed E-state index contributed by atoms with van der Waals surface area (Å²) in [4.78, 5) is 93.8. The molecule has 85 heavy (non-hydrogen) atoms. The minimum Gasteiger partial charge on any atom is -0.481 e. The molecule has 0 aliphatic rings. The minimum absolute atomic E-state index is 0.00932. The third-order valence-corrected chi connectivity index (χ3v) is 11.2. The van der Waals surface area contributed by atoms with Crippen LogP contribution in [0, 0.1) is 0 Å². The molecule has 0 aromatic rings. The number of Topliss-reactive ketones (excluding diaryl/α,β-unsaturated/α-hetero) is 3. The van der Waals surface area contributed by atoms with Crippen LogP contribution >= 0.6 is 0 Å². The zero-order valence-corrected chi connectivity index (χ0v) is 50.2. The molecule has 0 heterocycles. The maximum Gasteiger partial charge on any atom is 0.305 e. The second kappa shape index (κ2) is 61.4. The molecule has 0 saturated heterocycles. The summed E-state index contributed by atoms with van der Waals surface area (Å²) < 4.78 is 89.2. The number of ether oxygens (including phenoxy) is 16. The first kappa shape index (κ1) is 80.7. The van der Waals surface area contributed by atoms with Gasteiger partial charge < -0.3 is 102 Å². The molecule has 0 aliphatic heterocycles. The first-order valence-corrected chi connectivity index (χ1v) is 29.3. The first-order valence-electron chi connectivity index (χ1n) is 29.3. The quantitative estimate of drug-likeness (QED) is 0.0535. The fourth-order valence-corrected chi connectivity index (χ4v) is 6.64. The Hall–Kier alpha value is -4.28. The molecule has 29 nitrogen and oxygen atoms in total. The van der Waals surface area contributed by atoms with E-state index in [9.17, 15) is 38.4 Å². The van der Waals surface area contributed by atoms with Gasteiger partial charge in [0.1, 0.15) is 23.0 Å². The van der Waals surface area contributed by atoms with Crippen LogP contribution in [0.4, 0.5) is 0 Å². The minimum atomic E-state index is -1.29. The van der Waals surface area contributed by atoms with Crippen molar-refractivity contribution in [3.05, 3.63) is 0 Å². The summed E-state index contributed by atoms with van der Waals surface area (Å²) in [5.74, 6) is -3.39. The van der Waals surface area contributed by atoms with Gasteiger partial charge in [-0.25, -0.2) is 0 Å². The Balaban J connectivity index is 5.38. The van der Waals surface area contributed by atoms with Gasteiger partial charge in [-0.05, 0) is 26.2 Å². The summed E-state index contributed by atoms with van der Waals surface area (Å²) in [6.07, 6.45) is 2.15. The van der Waals surface area contributed by atoms with E-state index in [1.165, 1.54) is 6.92 Å². The van der Waals surface area contributed by atoms with Gasteiger partial charge in [0.25, 0.3) is 0 Å². The van der Waals surface area contributed by atoms with Crippen LogP contribution < -0.4 is 10.6 Å². The monoisotopic (exact) mass is 1230 g/mol. The van der Waals surface area contributed by atoms with E-state index >= 15 is 0 Å². The highest BCUT2D eigenvalue weighted by Crippen LogP contribution is 2.17. The number of carboxylic acid groups (broad SMARTS) is 3. The number of rotatable bonds is 70. The van der Waals surface area contributed by atoms with Crippen molar-refractivity contribution < 1.29 is 129 Å². The van der Waals surface area contributed by atoms with Crippen molar-refractivity contribution >= 4 is 47.1 Å². The highest BCUT2D eigenvalue weighted by molar-refractivity contribution is 5.79. The van der Waals surface area contributed by atoms with Crippen molar-refractivity contribution in [2.75, 3.05) is 218 Å². The van der Waals surface area contributed by atoms with E-state index in [1.807, 2.05) is 0 Å². The molecule has 0 aromatic heterocycles. The first-order chi connectivity index (χ1) is 41.2. The zero-order chi connectivity index (χ0) is 62.4. The molecule has 0 bridgehead atoms. The molecule has 0 rings (SSSR count). The van der Waals surface area contributed by atoms with Crippen molar-refractivity contribution in [2.24, 2.45) is 0 Å². The van der Waals surface area contributed by atoms with Crippen molar-refractivity contribution in [3.8, 4) is 0 Å². The number of aliphatic carboxylic acids is 3. The molecule has 496 valence electrons. The van der Waals surface area contributed by atoms with Crippen LogP contribution in [0.1, 0.15) is 90.4 Å². The molecule has 0 saturated carbocycles. The molecule has 0 fully saturated rings. The third kappa shape index (κ3) is 62.6. The molecule has 0 aliphatic carbocycles. The molecule has 5 N–H and O–H groups in total. The summed E-state index contributed by atoms with van der Waals surface area (Å²) in [5, 5.41) is 31.6. The Bertz CT molecular complexity index is 1440. The lowest BCUT2D eigenvalue weighted by atomic mass is 10.1. The van der Waals surface area contributed by atoms with E-state index in [0.29, 0.717) is 112 Å². The van der Waals surface area contributed by atoms with E-state index in [4.69, 9.17) is 91.1 Å². The normalized spacial score (nSPS) is 11.5. The molecule has 0 atom stereocenters. The van der Waals surface area contributed by atoms with Gasteiger partial charge in [0.05, 0.1) is 204 Å². The topological polar surface area (TPSA) is 369 Å². The lowest BCUT2D eigenvalue weighted by Crippen LogP contribution is -2.48. The number of carboxylic acids is 3. The second-order valence-corrected chi connectivity index (χ2v) is 18.8. The van der Waals surface area contributed by atoms with Crippen LogP contribution in [0.25, 0.3) is 0 Å². The van der Waals surface area contributed by atoms with Gasteiger partial charge in [-0.1, -0.05) is 0 Å². The average Bonchev–Trinajstić information content (AvgIpc) is 3.46. The second-order valence-electron chi connectivity index (χ2n) is 18.8. The lowest BCUT2D eigenvalue weighted by molar-refractivity contribution is -0.169. The molecule has 0 unspecified atom stereocenters. The number of nitrogens with one attached hydrogen (secondary N) is 2. The van der Waals surface area contributed by atoms with E-state index in [1.54, 1.807) is 0 Å². The van der Waals surface area contributed by atoms with E-state index < -0.39 is 23.5 Å². The summed E-state index contributed by atoms with van der Waals surface area (Å²) in [7, 11) is 0. The summed E-state index contributed by atoms with van der Waals surface area (Å²) in [6.45, 7) is 8.50. The zero-order valence-electron chi connectivity index (χ0n) is 50.2. The Kier molecular flexibility index (Phi) is 58.3. The molecule has 0 spiro atoms. The van der Waals surface area contributed by atoms with E-state index in [0.717, 1.165) is 0 Å². The SMILES string of the molecule is CC(=O)CCOCCOCCOCCNC(=O)CCCOC(COCCC(=O)CCCOCCOCCOCCC(=O)O)(COCCC(=O)CCCOCCOCCOCCC(=O)O)COCCC(=O)NCCOCCOCCOCCC(=O)O. The van der Waals surface area contributed by atoms with Crippen LogP contribution in [0.15, 0.2) is 0 Å². The molecule has 2 amide bonds. The fraction of sp³-hybridized carbons (Fsp3) is 0.857. The van der Waals surface area contributed by atoms with E-state index in [2.05, 4.69) is 10.6 Å². The van der Waals surface area contributed by atoms with Crippen molar-refractivity contribution in [1.29, 1.82) is 0 Å². The van der Waals surface area contributed by atoms with Crippen LogP contribution in [0.2, 0.25) is 0 Å². The number of hydrogen-bond donors (Lipinski definition) is 5. The van der Waals surface area contributed by atoms with Gasteiger partial charge in [-0.3, -0.25) is 38.4 Å². The van der Waals surface area contributed by atoms with Gasteiger partial charge in [-0.15, -0.1) is 0 Å². The summed E-state index contributed by atoms with van der Waals surface area (Å²) >= 11 is 0. The maximum atomic E-state index is 12.8. The molecular weight excluding hydrogens is 1130 g/mol. The molecule has 29 heteroatoms. The van der Waals surface area contributed by atoms with Crippen LogP contribution in [-0.2, 0) is 114 Å². The largest absolute Gasteiger partial charge is 0.481 e. The van der Waals surface area contributed by atoms with Gasteiger partial charge in [-0.2, -0.15) is 0 Å². The summed E-state index contributed by atoms with van der Waals surface area (Å²) in [5.41, 5.74) is -1.29. The number of ketones is 3. The average molecular weight is 1230 g/mol. The number of carbonyl (C=O) groups excluding carboxylic acids is 5. The van der Waals surface area contributed by atoms with Gasteiger partial charge in [0.2, 0.25) is 11.8 Å². The molecule has 0 radical (unpaired) electrons. The molecular formula is C56H100N2O27. The maximum absolute atomic E-state index is 12.8. The predicted octanol–water partition coefficient (Wildman–Crippen LogP) is 1.28. The fourth-order valence-electron chi connectivity index (χ4n) is 6.64. The Morgan fingerprint density at radius 1 is 0.282 bits per heavy atom. The van der Waals surface area contributed by atoms with Gasteiger partial charge in [0.15, 0.2) is 0 Å². The smallest absolute Gasteiger partial charge is 0.305 e. The van der Waals surface area contributed by atoms with Crippen molar-refractivity contribution in [3.63, 3.8) is 0 Å². The lowest BCUT2D eigenvalue weighted by Gasteiger charge is -2.33. The van der Waals surface area contributed by atoms with Crippen LogP contribution in [-0.4, -0.2) is 286 Å². The van der Waals surface area contributed by atoms with Crippen LogP contribution in [0.5, 0.6) is 0 Å². The van der Waals surface area contributed by atoms with Crippen molar-refractivity contribution in [1.82, 2.24) is 10.6 Å². The summed E-state index contributed by atoms with van der Waals surface area (Å²) in [6, 6.07) is 0. The van der Waals surface area contributed by atoms with Gasteiger partial charge >= 0.3 is 17.9 Å². The Morgan fingerprint density at radius 3 is 0.894 bits per heavy atom. The Labute approximate surface area is 499 Å². The van der Waals surface area contributed by atoms with Crippen molar-refractivity contribution in [2.45, 2.75) is 96.0 Å². The number of hydrogen-bond acceptors (Lipinski definition) is 24.